The van der Waals surface area contributed by atoms with Crippen LogP contribution < -0.4 is 0 Å². The first kappa shape index (κ1) is 14.0. The molecule has 0 amide bonds. The third kappa shape index (κ3) is 2.76. The number of rotatable bonds is 6. The SMILES string of the molecule is CCCSCc1nnc2sc(-c3ccc([N+](=O)[O-])o3)nn12. The normalized spacial score (nSPS) is 11.3. The highest BCUT2D eigenvalue weighted by Gasteiger charge is 2.18. The van der Waals surface area contributed by atoms with Crippen LogP contribution in [0.25, 0.3) is 15.7 Å². The Morgan fingerprint density at radius 3 is 3.05 bits per heavy atom. The number of nitro groups is 1. The van der Waals surface area contributed by atoms with Gasteiger partial charge in [0.1, 0.15) is 4.92 Å². The molecule has 3 aromatic rings. The second-order valence-corrected chi connectivity index (χ2v) is 6.23. The van der Waals surface area contributed by atoms with Gasteiger partial charge in [-0.25, -0.2) is 0 Å². The van der Waals surface area contributed by atoms with Gasteiger partial charge in [-0.1, -0.05) is 18.3 Å². The lowest BCUT2D eigenvalue weighted by Crippen LogP contribution is -1.94. The van der Waals surface area contributed by atoms with Crippen molar-refractivity contribution in [1.82, 2.24) is 19.8 Å². The third-order valence-electron chi connectivity index (χ3n) is 2.62. The first-order valence-corrected chi connectivity index (χ1v) is 8.19. The first-order chi connectivity index (χ1) is 10.2. The number of hydrogen-bond acceptors (Lipinski definition) is 8. The molecule has 21 heavy (non-hydrogen) atoms. The van der Waals surface area contributed by atoms with Crippen LogP contribution in [0.1, 0.15) is 19.2 Å². The molecule has 110 valence electrons. The average molecular weight is 325 g/mol. The highest BCUT2D eigenvalue weighted by atomic mass is 32.2. The molecule has 3 aromatic heterocycles. The first-order valence-electron chi connectivity index (χ1n) is 6.22. The fourth-order valence-corrected chi connectivity index (χ4v) is 3.31. The second-order valence-electron chi connectivity index (χ2n) is 4.17. The van der Waals surface area contributed by atoms with Crippen LogP contribution in [-0.2, 0) is 5.75 Å². The Kier molecular flexibility index (Phi) is 3.88. The van der Waals surface area contributed by atoms with Crippen molar-refractivity contribution in [2.75, 3.05) is 5.75 Å². The monoisotopic (exact) mass is 325 g/mol. The van der Waals surface area contributed by atoms with E-state index in [1.165, 1.54) is 23.5 Å². The van der Waals surface area contributed by atoms with Crippen LogP contribution in [0.2, 0.25) is 0 Å². The summed E-state index contributed by atoms with van der Waals surface area (Å²) in [5.74, 6) is 2.62. The predicted molar refractivity (Wildman–Crippen MR) is 79.5 cm³/mol. The fourth-order valence-electron chi connectivity index (χ4n) is 1.70. The Balaban J connectivity index is 1.88. The van der Waals surface area contributed by atoms with E-state index in [0.717, 1.165) is 23.8 Å². The Hall–Kier alpha value is -1.94. The van der Waals surface area contributed by atoms with Gasteiger partial charge in [0.25, 0.3) is 0 Å². The maximum atomic E-state index is 10.6. The van der Waals surface area contributed by atoms with Crippen LogP contribution in [-0.4, -0.2) is 30.5 Å². The molecule has 0 aliphatic carbocycles. The van der Waals surface area contributed by atoms with E-state index >= 15 is 0 Å². The molecule has 3 heterocycles. The molecule has 0 fully saturated rings. The van der Waals surface area contributed by atoms with E-state index in [-0.39, 0.29) is 5.88 Å². The lowest BCUT2D eigenvalue weighted by molar-refractivity contribution is -0.401. The van der Waals surface area contributed by atoms with E-state index in [0.29, 0.717) is 15.7 Å². The Bertz CT molecular complexity index is 778. The minimum absolute atomic E-state index is 0.297. The van der Waals surface area contributed by atoms with Gasteiger partial charge in [-0.05, 0) is 18.2 Å². The van der Waals surface area contributed by atoms with E-state index in [4.69, 9.17) is 4.42 Å². The quantitative estimate of drug-likeness (QED) is 0.390. The minimum atomic E-state index is -0.573. The Morgan fingerprint density at radius 2 is 2.33 bits per heavy atom. The van der Waals surface area contributed by atoms with Crippen LogP contribution in [0.15, 0.2) is 16.5 Å². The van der Waals surface area contributed by atoms with Gasteiger partial charge >= 0.3 is 5.88 Å². The molecule has 0 unspecified atom stereocenters. The summed E-state index contributed by atoms with van der Waals surface area (Å²) in [5.41, 5.74) is 0. The number of fused-ring (bicyclic) bond motifs is 1. The number of thioether (sulfide) groups is 1. The van der Waals surface area contributed by atoms with E-state index in [2.05, 4.69) is 22.2 Å². The predicted octanol–water partition coefficient (Wildman–Crippen LogP) is 3.00. The van der Waals surface area contributed by atoms with E-state index in [1.54, 1.807) is 16.3 Å². The van der Waals surface area contributed by atoms with Gasteiger partial charge < -0.3 is 4.42 Å². The second kappa shape index (κ2) is 5.82. The van der Waals surface area contributed by atoms with Crippen LogP contribution >= 0.6 is 23.1 Å². The maximum absolute atomic E-state index is 10.6. The zero-order valence-corrected chi connectivity index (χ0v) is 12.7. The number of nitrogens with zero attached hydrogens (tertiary/aromatic N) is 5. The van der Waals surface area contributed by atoms with Gasteiger partial charge in [-0.15, -0.1) is 15.3 Å². The van der Waals surface area contributed by atoms with Crippen molar-refractivity contribution >= 4 is 33.9 Å². The van der Waals surface area contributed by atoms with Crippen molar-refractivity contribution in [2.45, 2.75) is 19.1 Å². The summed E-state index contributed by atoms with van der Waals surface area (Å²) in [7, 11) is 0. The summed E-state index contributed by atoms with van der Waals surface area (Å²) in [6.45, 7) is 2.12. The molecule has 0 aromatic carbocycles. The number of hydrogen-bond donors (Lipinski definition) is 0. The van der Waals surface area contributed by atoms with Gasteiger partial charge in [-0.2, -0.15) is 16.3 Å². The highest BCUT2D eigenvalue weighted by Crippen LogP contribution is 2.30. The molecular weight excluding hydrogens is 314 g/mol. The van der Waals surface area contributed by atoms with Gasteiger partial charge in [0.05, 0.1) is 11.8 Å². The zero-order chi connectivity index (χ0) is 14.8. The molecule has 0 saturated heterocycles. The molecule has 0 atom stereocenters. The number of aromatic nitrogens is 4. The van der Waals surface area contributed by atoms with Crippen LogP contribution in [0.3, 0.4) is 0 Å². The van der Waals surface area contributed by atoms with Crippen molar-refractivity contribution < 1.29 is 9.34 Å². The zero-order valence-electron chi connectivity index (χ0n) is 11.1. The van der Waals surface area contributed by atoms with Crippen molar-refractivity contribution in [3.05, 3.63) is 28.1 Å². The minimum Gasteiger partial charge on any atom is -0.398 e. The summed E-state index contributed by atoms with van der Waals surface area (Å²) in [6.07, 6.45) is 1.10. The third-order valence-corrected chi connectivity index (χ3v) is 4.69. The molecule has 0 spiro atoms. The van der Waals surface area contributed by atoms with Gasteiger partial charge in [0.2, 0.25) is 4.96 Å². The molecule has 0 bridgehead atoms. The largest absolute Gasteiger partial charge is 0.433 e. The summed E-state index contributed by atoms with van der Waals surface area (Å²) in [4.78, 5) is 10.7. The smallest absolute Gasteiger partial charge is 0.398 e. The van der Waals surface area contributed by atoms with Crippen molar-refractivity contribution in [1.29, 1.82) is 0 Å². The average Bonchev–Trinajstić information content (AvgIpc) is 3.13. The van der Waals surface area contributed by atoms with Gasteiger partial charge in [0, 0.05) is 0 Å². The lowest BCUT2D eigenvalue weighted by Gasteiger charge is -1.95. The lowest BCUT2D eigenvalue weighted by atomic mass is 10.5. The molecule has 0 saturated carbocycles. The highest BCUT2D eigenvalue weighted by molar-refractivity contribution is 7.98. The molecule has 8 nitrogen and oxygen atoms in total. The fraction of sp³-hybridized carbons (Fsp3) is 0.364. The van der Waals surface area contributed by atoms with Crippen LogP contribution in [0.5, 0.6) is 0 Å². The topological polar surface area (TPSA) is 99.4 Å². The van der Waals surface area contributed by atoms with Gasteiger partial charge in [-0.3, -0.25) is 10.1 Å². The van der Waals surface area contributed by atoms with Crippen molar-refractivity contribution in [2.24, 2.45) is 0 Å². The standard InChI is InChI=1S/C11H11N5O3S2/c1-2-5-20-6-8-12-13-11-15(8)14-10(21-11)7-3-4-9(19-7)16(17)18/h3-4H,2,5-6H2,1H3. The molecule has 0 radical (unpaired) electrons. The van der Waals surface area contributed by atoms with Crippen LogP contribution in [0.4, 0.5) is 5.88 Å². The summed E-state index contributed by atoms with van der Waals surface area (Å²) in [5, 5.41) is 23.7. The maximum Gasteiger partial charge on any atom is 0.433 e. The summed E-state index contributed by atoms with van der Waals surface area (Å²) >= 11 is 3.06. The van der Waals surface area contributed by atoms with E-state index in [1.807, 2.05) is 0 Å². The molecular formula is C11H11N5O3S2. The van der Waals surface area contributed by atoms with Crippen molar-refractivity contribution in [3.63, 3.8) is 0 Å². The Labute approximate surface area is 127 Å². The molecule has 10 heteroatoms. The molecule has 3 rings (SSSR count). The van der Waals surface area contributed by atoms with E-state index < -0.39 is 4.92 Å². The van der Waals surface area contributed by atoms with Crippen LogP contribution in [0, 0.1) is 10.1 Å². The van der Waals surface area contributed by atoms with Crippen molar-refractivity contribution in [3.8, 4) is 10.8 Å². The number of furan rings is 1. The summed E-state index contributed by atoms with van der Waals surface area (Å²) in [6, 6.07) is 2.85. The molecule has 0 aliphatic rings. The molecule has 0 N–H and O–H groups in total. The molecule has 0 aliphatic heterocycles. The van der Waals surface area contributed by atoms with Gasteiger partial charge in [0.15, 0.2) is 16.6 Å². The Morgan fingerprint density at radius 1 is 1.48 bits per heavy atom. The summed E-state index contributed by atoms with van der Waals surface area (Å²) < 4.78 is 6.81. The van der Waals surface area contributed by atoms with E-state index in [9.17, 15) is 10.1 Å².